The molecule has 3 N–H and O–H groups in total. The number of aromatic hydroxyl groups is 1. The number of ether oxygens (including phenoxy) is 2. The number of H-pyrrole nitrogens is 1. The molecule has 174 valence electrons. The molecule has 0 saturated carbocycles. The number of aryl methyl sites for hydroxylation is 1. The van der Waals surface area contributed by atoms with Crippen LogP contribution >= 0.6 is 0 Å². The number of methoxy groups -OCH3 is 2. The van der Waals surface area contributed by atoms with Crippen molar-refractivity contribution in [3.63, 3.8) is 0 Å². The van der Waals surface area contributed by atoms with E-state index in [4.69, 9.17) is 9.47 Å². The highest BCUT2D eigenvalue weighted by molar-refractivity contribution is 5.83. The Morgan fingerprint density at radius 3 is 2.62 bits per heavy atom. The smallest absolute Gasteiger partial charge is 0.331 e. The first-order valence-electron chi connectivity index (χ1n) is 10.5. The lowest BCUT2D eigenvalue weighted by atomic mass is 10.1. The van der Waals surface area contributed by atoms with Gasteiger partial charge in [0, 0.05) is 13.0 Å². The summed E-state index contributed by atoms with van der Waals surface area (Å²) in [5, 5.41) is 14.2. The zero-order chi connectivity index (χ0) is 23.5. The van der Waals surface area contributed by atoms with Crippen molar-refractivity contribution in [1.82, 2.24) is 15.0 Å². The molecule has 10 nitrogen and oxygen atoms in total. The van der Waals surface area contributed by atoms with Crippen LogP contribution in [0, 0.1) is 0 Å². The first-order chi connectivity index (χ1) is 15.4. The lowest BCUT2D eigenvalue weighted by molar-refractivity contribution is -0.121. The molecule has 32 heavy (non-hydrogen) atoms. The molecule has 0 aliphatic heterocycles. The fourth-order valence-corrected chi connectivity index (χ4v) is 3.11. The third-order valence-corrected chi connectivity index (χ3v) is 4.92. The lowest BCUT2D eigenvalue weighted by Crippen LogP contribution is -2.33. The van der Waals surface area contributed by atoms with Crippen molar-refractivity contribution in [3.05, 3.63) is 50.2 Å². The summed E-state index contributed by atoms with van der Waals surface area (Å²) in [7, 11) is 3.06. The standard InChI is InChI=1S/C22H30N4O6/c1-4-5-6-7-8-19(27)25-23-14-16-20(28)24-22(30)26(21(16)29)12-11-15-9-10-17(31-2)18(13-15)32-3/h9-10,13-14,29H,4-8,11-12H2,1-3H3,(H,25,27)(H,24,28,30). The van der Waals surface area contributed by atoms with E-state index < -0.39 is 17.1 Å². The highest BCUT2D eigenvalue weighted by Gasteiger charge is 2.13. The first-order valence-corrected chi connectivity index (χ1v) is 10.5. The van der Waals surface area contributed by atoms with Crippen LogP contribution in [0.3, 0.4) is 0 Å². The molecular weight excluding hydrogens is 416 g/mol. The number of aromatic amines is 1. The van der Waals surface area contributed by atoms with Crippen LogP contribution in [-0.2, 0) is 17.8 Å². The average molecular weight is 447 g/mol. The molecule has 0 fully saturated rings. The molecule has 2 aromatic rings. The number of nitrogens with zero attached hydrogens (tertiary/aromatic N) is 2. The molecule has 1 amide bonds. The Hall–Kier alpha value is -3.56. The maximum atomic E-state index is 12.2. The van der Waals surface area contributed by atoms with Crippen LogP contribution in [-0.4, -0.2) is 41.0 Å². The molecule has 10 heteroatoms. The fraction of sp³-hybridized carbons (Fsp3) is 0.455. The maximum absolute atomic E-state index is 12.2. The third kappa shape index (κ3) is 6.73. The minimum atomic E-state index is -0.796. The summed E-state index contributed by atoms with van der Waals surface area (Å²) in [5.74, 6) is 0.308. The molecule has 0 aliphatic rings. The zero-order valence-corrected chi connectivity index (χ0v) is 18.6. The van der Waals surface area contributed by atoms with Crippen LogP contribution in [0.1, 0.15) is 50.2 Å². The molecule has 0 unspecified atom stereocenters. The number of carbonyl (C=O) groups excluding carboxylic acids is 1. The summed E-state index contributed by atoms with van der Waals surface area (Å²) in [6.45, 7) is 2.18. The highest BCUT2D eigenvalue weighted by atomic mass is 16.5. The Balaban J connectivity index is 2.10. The number of hydrogen-bond donors (Lipinski definition) is 3. The third-order valence-electron chi connectivity index (χ3n) is 4.92. The Morgan fingerprint density at radius 1 is 1.19 bits per heavy atom. The van der Waals surface area contributed by atoms with Crippen molar-refractivity contribution in [1.29, 1.82) is 0 Å². The molecule has 1 aromatic heterocycles. The van der Waals surface area contributed by atoms with Crippen LogP contribution in [0.15, 0.2) is 32.9 Å². The predicted octanol–water partition coefficient (Wildman–Crippen LogP) is 1.92. The number of rotatable bonds is 12. The maximum Gasteiger partial charge on any atom is 0.331 e. The van der Waals surface area contributed by atoms with E-state index in [1.807, 2.05) is 6.07 Å². The second kappa shape index (κ2) is 12.3. The van der Waals surface area contributed by atoms with E-state index in [1.54, 1.807) is 12.1 Å². The van der Waals surface area contributed by atoms with Gasteiger partial charge < -0.3 is 14.6 Å². The van der Waals surface area contributed by atoms with Crippen molar-refractivity contribution >= 4 is 12.1 Å². The average Bonchev–Trinajstić information content (AvgIpc) is 2.78. The number of aromatic nitrogens is 2. The normalized spacial score (nSPS) is 11.0. The molecule has 2 rings (SSSR count). The molecular formula is C22H30N4O6. The summed E-state index contributed by atoms with van der Waals surface area (Å²) in [6.07, 6.45) is 5.58. The topological polar surface area (TPSA) is 135 Å². The van der Waals surface area contributed by atoms with E-state index in [1.165, 1.54) is 14.2 Å². The van der Waals surface area contributed by atoms with Gasteiger partial charge in [-0.05, 0) is 30.5 Å². The molecule has 1 aromatic carbocycles. The van der Waals surface area contributed by atoms with Crippen LogP contribution in [0.25, 0.3) is 0 Å². The molecule has 1 heterocycles. The largest absolute Gasteiger partial charge is 0.494 e. The lowest BCUT2D eigenvalue weighted by Gasteiger charge is -2.12. The Kier molecular flexibility index (Phi) is 9.52. The van der Waals surface area contributed by atoms with Gasteiger partial charge >= 0.3 is 5.69 Å². The summed E-state index contributed by atoms with van der Waals surface area (Å²) >= 11 is 0. The number of hydrogen-bond acceptors (Lipinski definition) is 7. The van der Waals surface area contributed by atoms with Gasteiger partial charge in [-0.1, -0.05) is 32.3 Å². The van der Waals surface area contributed by atoms with Crippen molar-refractivity contribution in [2.24, 2.45) is 5.10 Å². The van der Waals surface area contributed by atoms with Gasteiger partial charge in [-0.3, -0.25) is 19.1 Å². The summed E-state index contributed by atoms with van der Waals surface area (Å²) in [5.41, 5.74) is 1.41. The van der Waals surface area contributed by atoms with Crippen LogP contribution in [0.5, 0.6) is 17.4 Å². The Labute approximate surface area is 185 Å². The molecule has 0 radical (unpaired) electrons. The number of hydrazone groups is 1. The van der Waals surface area contributed by atoms with Gasteiger partial charge in [0.15, 0.2) is 11.5 Å². The van der Waals surface area contributed by atoms with Crippen molar-refractivity contribution in [2.45, 2.75) is 52.0 Å². The fourth-order valence-electron chi connectivity index (χ4n) is 3.11. The summed E-state index contributed by atoms with van der Waals surface area (Å²) < 4.78 is 11.5. The summed E-state index contributed by atoms with van der Waals surface area (Å²) in [4.78, 5) is 38.2. The molecule has 0 bridgehead atoms. The highest BCUT2D eigenvalue weighted by Crippen LogP contribution is 2.27. The van der Waals surface area contributed by atoms with E-state index in [0.717, 1.165) is 42.0 Å². The number of amides is 1. The van der Waals surface area contributed by atoms with Gasteiger partial charge in [-0.15, -0.1) is 0 Å². The van der Waals surface area contributed by atoms with E-state index in [2.05, 4.69) is 22.4 Å². The number of benzene rings is 1. The molecule has 0 spiro atoms. The Bertz CT molecular complexity index is 1060. The van der Waals surface area contributed by atoms with Gasteiger partial charge in [0.1, 0.15) is 5.56 Å². The van der Waals surface area contributed by atoms with Gasteiger partial charge in [-0.2, -0.15) is 5.10 Å². The minimum absolute atomic E-state index is 0.0988. The second-order valence-corrected chi connectivity index (χ2v) is 7.19. The quantitative estimate of drug-likeness (QED) is 0.259. The Morgan fingerprint density at radius 2 is 1.94 bits per heavy atom. The van der Waals surface area contributed by atoms with E-state index in [0.29, 0.717) is 24.3 Å². The van der Waals surface area contributed by atoms with Gasteiger partial charge in [0.2, 0.25) is 11.8 Å². The van der Waals surface area contributed by atoms with Crippen molar-refractivity contribution < 1.29 is 19.4 Å². The molecule has 0 atom stereocenters. The monoisotopic (exact) mass is 446 g/mol. The number of carbonyl (C=O) groups is 1. The van der Waals surface area contributed by atoms with E-state index in [-0.39, 0.29) is 18.0 Å². The molecule has 0 aliphatic carbocycles. The van der Waals surface area contributed by atoms with E-state index >= 15 is 0 Å². The zero-order valence-electron chi connectivity index (χ0n) is 18.6. The predicted molar refractivity (Wildman–Crippen MR) is 121 cm³/mol. The number of nitrogens with one attached hydrogen (secondary N) is 2. The van der Waals surface area contributed by atoms with Gasteiger partial charge in [-0.25, -0.2) is 10.2 Å². The van der Waals surface area contributed by atoms with Gasteiger partial charge in [0.05, 0.1) is 20.4 Å². The first kappa shape index (κ1) is 24.7. The van der Waals surface area contributed by atoms with Crippen LogP contribution in [0.4, 0.5) is 0 Å². The van der Waals surface area contributed by atoms with E-state index in [9.17, 15) is 19.5 Å². The minimum Gasteiger partial charge on any atom is -0.494 e. The van der Waals surface area contributed by atoms with Crippen LogP contribution in [0.2, 0.25) is 0 Å². The summed E-state index contributed by atoms with van der Waals surface area (Å²) in [6, 6.07) is 5.32. The van der Waals surface area contributed by atoms with Gasteiger partial charge in [0.25, 0.3) is 5.56 Å². The van der Waals surface area contributed by atoms with Crippen molar-refractivity contribution in [2.75, 3.05) is 14.2 Å². The van der Waals surface area contributed by atoms with Crippen molar-refractivity contribution in [3.8, 4) is 17.4 Å². The van der Waals surface area contributed by atoms with Crippen LogP contribution < -0.4 is 26.1 Å². The number of unbranched alkanes of at least 4 members (excludes halogenated alkanes) is 3. The second-order valence-electron chi connectivity index (χ2n) is 7.19. The molecule has 0 saturated heterocycles. The SMILES string of the molecule is CCCCCCC(=O)NN=Cc1c(O)n(CCc2ccc(OC)c(OC)c2)c(=O)[nH]c1=O.